The Bertz CT molecular complexity index is 940. The molecule has 5 heteroatoms. The van der Waals surface area contributed by atoms with Crippen LogP contribution < -0.4 is 4.74 Å². The van der Waals surface area contributed by atoms with Gasteiger partial charge in [-0.25, -0.2) is 4.79 Å². The van der Waals surface area contributed by atoms with E-state index in [1.807, 2.05) is 43.3 Å². The van der Waals surface area contributed by atoms with Crippen molar-refractivity contribution < 1.29 is 14.3 Å². The van der Waals surface area contributed by atoms with Crippen molar-refractivity contribution >= 4 is 17.6 Å². The maximum atomic E-state index is 12.0. The molecule has 26 heavy (non-hydrogen) atoms. The number of aryl methyl sites for hydroxylation is 1. The molecule has 0 amide bonds. The Labute approximate surface area is 157 Å². The fourth-order valence-electron chi connectivity index (χ4n) is 2.62. The molecule has 0 bridgehead atoms. The van der Waals surface area contributed by atoms with Crippen LogP contribution in [-0.2, 0) is 11.3 Å². The Hall–Kier alpha value is -2.85. The number of benzene rings is 2. The molecule has 1 aromatic heterocycles. The van der Waals surface area contributed by atoms with Gasteiger partial charge in [-0.3, -0.25) is 4.98 Å². The summed E-state index contributed by atoms with van der Waals surface area (Å²) >= 11 is 6.28. The lowest BCUT2D eigenvalue weighted by Gasteiger charge is -2.12. The lowest BCUT2D eigenvalue weighted by molar-refractivity contribution is 0.0601. The summed E-state index contributed by atoms with van der Waals surface area (Å²) in [4.78, 5) is 16.3. The Balaban J connectivity index is 1.91. The first-order valence-corrected chi connectivity index (χ1v) is 8.48. The van der Waals surface area contributed by atoms with E-state index in [0.29, 0.717) is 22.9 Å². The molecule has 0 fully saturated rings. The van der Waals surface area contributed by atoms with Gasteiger partial charge in [0, 0.05) is 6.20 Å². The number of carbonyl (C=O) groups excluding carboxylic acids is 1. The summed E-state index contributed by atoms with van der Waals surface area (Å²) in [5.41, 5.74) is 3.97. The van der Waals surface area contributed by atoms with Crippen LogP contribution in [0.15, 0.2) is 60.8 Å². The van der Waals surface area contributed by atoms with Crippen LogP contribution in [0.1, 0.15) is 21.6 Å². The molecular weight excluding hydrogens is 350 g/mol. The summed E-state index contributed by atoms with van der Waals surface area (Å²) in [6.07, 6.45) is 1.73. The Morgan fingerprint density at radius 1 is 1.12 bits per heavy atom. The molecule has 0 saturated carbocycles. The summed E-state index contributed by atoms with van der Waals surface area (Å²) in [5, 5.41) is 0.498. The third kappa shape index (κ3) is 3.86. The normalized spacial score (nSPS) is 10.4. The number of pyridine rings is 1. The number of carbonyl (C=O) groups is 1. The second-order valence-electron chi connectivity index (χ2n) is 5.74. The molecule has 132 valence electrons. The molecule has 4 nitrogen and oxygen atoms in total. The van der Waals surface area contributed by atoms with Gasteiger partial charge >= 0.3 is 5.97 Å². The van der Waals surface area contributed by atoms with Gasteiger partial charge < -0.3 is 9.47 Å². The number of rotatable bonds is 5. The largest absolute Gasteiger partial charge is 0.486 e. The summed E-state index contributed by atoms with van der Waals surface area (Å²) in [7, 11) is 1.37. The monoisotopic (exact) mass is 367 g/mol. The molecule has 3 rings (SSSR count). The first-order chi connectivity index (χ1) is 12.6. The quantitative estimate of drug-likeness (QED) is 0.590. The molecule has 0 N–H and O–H groups in total. The molecule has 0 aliphatic rings. The van der Waals surface area contributed by atoms with E-state index in [1.54, 1.807) is 24.4 Å². The number of ether oxygens (including phenoxy) is 2. The average Bonchev–Trinajstić information content (AvgIpc) is 2.68. The van der Waals surface area contributed by atoms with Gasteiger partial charge in [0.25, 0.3) is 0 Å². The van der Waals surface area contributed by atoms with Crippen molar-refractivity contribution in [2.75, 3.05) is 7.11 Å². The van der Waals surface area contributed by atoms with Gasteiger partial charge in [0.1, 0.15) is 12.4 Å². The number of nitrogens with zero attached hydrogens (tertiary/aromatic N) is 1. The van der Waals surface area contributed by atoms with Crippen molar-refractivity contribution in [1.29, 1.82) is 0 Å². The van der Waals surface area contributed by atoms with Gasteiger partial charge in [0.05, 0.1) is 23.4 Å². The van der Waals surface area contributed by atoms with Crippen LogP contribution in [-0.4, -0.2) is 18.1 Å². The number of methoxy groups -OCH3 is 1. The molecule has 1 heterocycles. The SMILES string of the molecule is COC(=O)c1ccccc1-c1ccc(Cl)c(OCc2ncccc2C)c1. The number of aromatic nitrogens is 1. The molecule has 0 saturated heterocycles. The van der Waals surface area contributed by atoms with E-state index >= 15 is 0 Å². The highest BCUT2D eigenvalue weighted by molar-refractivity contribution is 6.32. The van der Waals surface area contributed by atoms with Crippen LogP contribution in [0.5, 0.6) is 5.75 Å². The van der Waals surface area contributed by atoms with E-state index in [9.17, 15) is 4.79 Å². The lowest BCUT2D eigenvalue weighted by Crippen LogP contribution is -2.04. The number of halogens is 1. The highest BCUT2D eigenvalue weighted by atomic mass is 35.5. The molecule has 0 spiro atoms. The zero-order valence-corrected chi connectivity index (χ0v) is 15.3. The summed E-state index contributed by atoms with van der Waals surface area (Å²) < 4.78 is 10.7. The zero-order chi connectivity index (χ0) is 18.5. The van der Waals surface area contributed by atoms with Crippen molar-refractivity contribution in [2.45, 2.75) is 13.5 Å². The fraction of sp³-hybridized carbons (Fsp3) is 0.143. The second kappa shape index (κ2) is 8.02. The number of hydrogen-bond acceptors (Lipinski definition) is 4. The van der Waals surface area contributed by atoms with E-state index in [-0.39, 0.29) is 5.97 Å². The van der Waals surface area contributed by atoms with E-state index in [4.69, 9.17) is 21.1 Å². The van der Waals surface area contributed by atoms with Gasteiger partial charge in [0.15, 0.2) is 0 Å². The Morgan fingerprint density at radius 3 is 2.69 bits per heavy atom. The molecule has 0 aliphatic carbocycles. The highest BCUT2D eigenvalue weighted by Gasteiger charge is 2.14. The van der Waals surface area contributed by atoms with Crippen LogP contribution >= 0.6 is 11.6 Å². The van der Waals surface area contributed by atoms with Crippen LogP contribution in [0, 0.1) is 6.92 Å². The number of esters is 1. The smallest absolute Gasteiger partial charge is 0.338 e. The molecule has 0 radical (unpaired) electrons. The minimum Gasteiger partial charge on any atom is -0.486 e. The fourth-order valence-corrected chi connectivity index (χ4v) is 2.79. The van der Waals surface area contributed by atoms with Gasteiger partial charge in [-0.15, -0.1) is 0 Å². The Kier molecular flexibility index (Phi) is 5.54. The van der Waals surface area contributed by atoms with Crippen LogP contribution in [0.2, 0.25) is 5.02 Å². The van der Waals surface area contributed by atoms with E-state index in [0.717, 1.165) is 22.4 Å². The van der Waals surface area contributed by atoms with Crippen molar-refractivity contribution in [3.63, 3.8) is 0 Å². The van der Waals surface area contributed by atoms with Crippen LogP contribution in [0.4, 0.5) is 0 Å². The molecule has 2 aromatic carbocycles. The van der Waals surface area contributed by atoms with Crippen molar-refractivity contribution in [3.05, 3.63) is 82.6 Å². The van der Waals surface area contributed by atoms with E-state index in [1.165, 1.54) is 7.11 Å². The maximum absolute atomic E-state index is 12.0. The topological polar surface area (TPSA) is 48.4 Å². The summed E-state index contributed by atoms with van der Waals surface area (Å²) in [5.74, 6) is 0.149. The predicted octanol–water partition coefficient (Wildman–Crippen LogP) is 5.08. The minimum atomic E-state index is -0.387. The van der Waals surface area contributed by atoms with Crippen LogP contribution in [0.25, 0.3) is 11.1 Å². The maximum Gasteiger partial charge on any atom is 0.338 e. The lowest BCUT2D eigenvalue weighted by atomic mass is 9.99. The van der Waals surface area contributed by atoms with Crippen molar-refractivity contribution in [1.82, 2.24) is 4.98 Å². The van der Waals surface area contributed by atoms with Gasteiger partial charge in [-0.05, 0) is 47.9 Å². The summed E-state index contributed by atoms with van der Waals surface area (Å²) in [6, 6.07) is 16.6. The first kappa shape index (κ1) is 18.0. The molecule has 0 atom stereocenters. The van der Waals surface area contributed by atoms with Crippen LogP contribution in [0.3, 0.4) is 0 Å². The van der Waals surface area contributed by atoms with Gasteiger partial charge in [-0.2, -0.15) is 0 Å². The zero-order valence-electron chi connectivity index (χ0n) is 14.5. The average molecular weight is 368 g/mol. The number of hydrogen-bond donors (Lipinski definition) is 0. The van der Waals surface area contributed by atoms with Crippen molar-refractivity contribution in [2.24, 2.45) is 0 Å². The molecule has 0 unspecified atom stereocenters. The van der Waals surface area contributed by atoms with E-state index in [2.05, 4.69) is 4.98 Å². The second-order valence-corrected chi connectivity index (χ2v) is 6.15. The van der Waals surface area contributed by atoms with Crippen molar-refractivity contribution in [3.8, 4) is 16.9 Å². The molecule has 0 aliphatic heterocycles. The highest BCUT2D eigenvalue weighted by Crippen LogP contribution is 2.33. The molecular formula is C21H18ClNO3. The first-order valence-electron chi connectivity index (χ1n) is 8.10. The van der Waals surface area contributed by atoms with Gasteiger partial charge in [0.2, 0.25) is 0 Å². The Morgan fingerprint density at radius 2 is 1.92 bits per heavy atom. The third-order valence-electron chi connectivity index (χ3n) is 4.06. The third-order valence-corrected chi connectivity index (χ3v) is 4.37. The van der Waals surface area contributed by atoms with Gasteiger partial charge in [-0.1, -0.05) is 41.9 Å². The van der Waals surface area contributed by atoms with E-state index < -0.39 is 0 Å². The summed E-state index contributed by atoms with van der Waals surface area (Å²) in [6.45, 7) is 2.30. The molecule has 3 aromatic rings. The standard InChI is InChI=1S/C21H18ClNO3/c1-14-6-5-11-23-19(14)13-26-20-12-15(9-10-18(20)22)16-7-3-4-8-17(16)21(24)25-2/h3-12H,13H2,1-2H3. The minimum absolute atomic E-state index is 0.314. The predicted molar refractivity (Wildman–Crippen MR) is 102 cm³/mol.